The minimum Gasteiger partial charge on any atom is -0.361 e. The summed E-state index contributed by atoms with van der Waals surface area (Å²) in [6, 6.07) is 3.42. The topological polar surface area (TPSA) is 93.0 Å². The van der Waals surface area contributed by atoms with Crippen molar-refractivity contribution in [2.45, 2.75) is 25.4 Å². The summed E-state index contributed by atoms with van der Waals surface area (Å²) in [6.45, 7) is 4.18. The van der Waals surface area contributed by atoms with Crippen molar-refractivity contribution in [3.63, 3.8) is 0 Å². The quantitative estimate of drug-likeness (QED) is 0.881. The van der Waals surface area contributed by atoms with Gasteiger partial charge in [-0.1, -0.05) is 0 Å². The van der Waals surface area contributed by atoms with E-state index in [1.807, 2.05) is 13.8 Å². The molecule has 0 aliphatic carbocycles. The van der Waals surface area contributed by atoms with E-state index in [1.54, 1.807) is 31.1 Å². The van der Waals surface area contributed by atoms with Crippen LogP contribution in [0.15, 0.2) is 23.4 Å². The van der Waals surface area contributed by atoms with Gasteiger partial charge in [-0.25, -0.2) is 4.98 Å². The number of hydrogen-bond acceptors (Lipinski definition) is 6. The maximum absolute atomic E-state index is 12.3. The van der Waals surface area contributed by atoms with Crippen molar-refractivity contribution in [1.82, 2.24) is 20.0 Å². The Morgan fingerprint density at radius 2 is 2.05 bits per heavy atom. The molecule has 0 unspecified atom stereocenters. The van der Waals surface area contributed by atoms with E-state index in [4.69, 9.17) is 0 Å². The molecule has 0 aromatic carbocycles. The van der Waals surface area contributed by atoms with Crippen LogP contribution >= 0.6 is 0 Å². The summed E-state index contributed by atoms with van der Waals surface area (Å²) >= 11 is 0. The van der Waals surface area contributed by atoms with Crippen molar-refractivity contribution in [3.05, 3.63) is 24.0 Å². The van der Waals surface area contributed by atoms with Crippen LogP contribution < -0.4 is 9.62 Å². The van der Waals surface area contributed by atoms with E-state index in [2.05, 4.69) is 19.9 Å². The van der Waals surface area contributed by atoms with Crippen molar-refractivity contribution in [1.29, 1.82) is 0 Å². The monoisotopic (exact) mass is 310 g/mol. The lowest BCUT2D eigenvalue weighted by Gasteiger charge is -2.17. The maximum atomic E-state index is 12.3. The number of anilines is 2. The van der Waals surface area contributed by atoms with Crippen LogP contribution in [0.4, 0.5) is 11.5 Å². The Kier molecular flexibility index (Phi) is 4.12. The van der Waals surface area contributed by atoms with Crippen LogP contribution in [-0.4, -0.2) is 42.5 Å². The number of pyridine rings is 1. The first-order valence-corrected chi connectivity index (χ1v) is 7.89. The van der Waals surface area contributed by atoms with Crippen molar-refractivity contribution in [3.8, 4) is 0 Å². The van der Waals surface area contributed by atoms with Crippen molar-refractivity contribution in [2.24, 2.45) is 0 Å². The lowest BCUT2D eigenvalue weighted by Crippen LogP contribution is -2.19. The van der Waals surface area contributed by atoms with Gasteiger partial charge >= 0.3 is 0 Å². The number of nitrogens with zero attached hydrogens (tertiary/aromatic N) is 5. The highest BCUT2D eigenvalue weighted by Gasteiger charge is 2.21. The molecule has 0 spiro atoms. The van der Waals surface area contributed by atoms with Crippen molar-refractivity contribution < 1.29 is 8.42 Å². The second kappa shape index (κ2) is 5.68. The Bertz CT molecular complexity index is 738. The summed E-state index contributed by atoms with van der Waals surface area (Å²) in [5.41, 5.74) is 1.20. The molecular weight excluding hydrogens is 292 g/mol. The largest absolute Gasteiger partial charge is 0.361 e. The van der Waals surface area contributed by atoms with Crippen LogP contribution in [0.2, 0.25) is 0 Å². The fraction of sp³-hybridized carbons (Fsp3) is 0.417. The molecule has 1 N–H and O–H groups in total. The molecule has 0 saturated heterocycles. The smallest absolute Gasteiger partial charge is 0.283 e. The summed E-state index contributed by atoms with van der Waals surface area (Å²) in [4.78, 5) is 7.39. The van der Waals surface area contributed by atoms with Crippen LogP contribution in [0.3, 0.4) is 0 Å². The molecule has 0 saturated carbocycles. The van der Waals surface area contributed by atoms with Gasteiger partial charge < -0.3 is 4.90 Å². The molecule has 0 aliphatic rings. The number of sulfonamides is 1. The SMILES string of the molecule is CCn1ncc(S(=O)(=O)Nc2ccc(C)nc2N(C)C)n1. The molecule has 0 atom stereocenters. The highest BCUT2D eigenvalue weighted by atomic mass is 32.2. The number of aryl methyl sites for hydroxylation is 2. The lowest BCUT2D eigenvalue weighted by molar-refractivity contribution is 0.551. The first-order valence-electron chi connectivity index (χ1n) is 6.41. The molecule has 2 aromatic heterocycles. The average molecular weight is 310 g/mol. The van der Waals surface area contributed by atoms with Gasteiger partial charge in [-0.3, -0.25) is 4.72 Å². The number of aromatic nitrogens is 4. The zero-order chi connectivity index (χ0) is 15.6. The standard InChI is InChI=1S/C12H18N6O2S/c1-5-18-13-8-11(15-18)21(19,20)16-10-7-6-9(2)14-12(10)17(3)4/h6-8,16H,5H2,1-4H3. The first kappa shape index (κ1) is 15.2. The molecule has 0 bridgehead atoms. The third-order valence-electron chi connectivity index (χ3n) is 2.76. The predicted molar refractivity (Wildman–Crippen MR) is 79.8 cm³/mol. The summed E-state index contributed by atoms with van der Waals surface area (Å²) in [5, 5.41) is 7.67. The number of rotatable bonds is 5. The fourth-order valence-corrected chi connectivity index (χ4v) is 2.66. The molecule has 2 rings (SSSR count). The van der Waals surface area contributed by atoms with Crippen LogP contribution in [0.1, 0.15) is 12.6 Å². The van der Waals surface area contributed by atoms with E-state index in [1.165, 1.54) is 11.0 Å². The fourth-order valence-electron chi connectivity index (χ4n) is 1.72. The van der Waals surface area contributed by atoms with Gasteiger partial charge in [0.1, 0.15) is 0 Å². The zero-order valence-electron chi connectivity index (χ0n) is 12.4. The van der Waals surface area contributed by atoms with E-state index in [0.29, 0.717) is 18.1 Å². The van der Waals surface area contributed by atoms with Gasteiger partial charge in [0.05, 0.1) is 18.4 Å². The van der Waals surface area contributed by atoms with Gasteiger partial charge in [0, 0.05) is 19.8 Å². The van der Waals surface area contributed by atoms with Crippen molar-refractivity contribution in [2.75, 3.05) is 23.7 Å². The molecule has 9 heteroatoms. The molecule has 114 valence electrons. The first-order chi connectivity index (χ1) is 9.83. The third-order valence-corrected chi connectivity index (χ3v) is 3.98. The molecule has 0 radical (unpaired) electrons. The van der Waals surface area contributed by atoms with Crippen LogP contribution in [0, 0.1) is 6.92 Å². The molecule has 8 nitrogen and oxygen atoms in total. The molecule has 0 fully saturated rings. The third kappa shape index (κ3) is 3.30. The van der Waals surface area contributed by atoms with Crippen molar-refractivity contribution >= 4 is 21.5 Å². The van der Waals surface area contributed by atoms with E-state index in [9.17, 15) is 8.42 Å². The summed E-state index contributed by atoms with van der Waals surface area (Å²) < 4.78 is 27.1. The van der Waals surface area contributed by atoms with Crippen LogP contribution in [0.25, 0.3) is 0 Å². The maximum Gasteiger partial charge on any atom is 0.283 e. The Morgan fingerprint density at radius 3 is 2.62 bits per heavy atom. The Hall–Kier alpha value is -2.16. The predicted octanol–water partition coefficient (Wildman–Crippen LogP) is 0.868. The highest BCUT2D eigenvalue weighted by molar-refractivity contribution is 7.92. The number of nitrogens with one attached hydrogen (secondary N) is 1. The van der Waals surface area contributed by atoms with E-state index in [0.717, 1.165) is 5.69 Å². The van der Waals surface area contributed by atoms with Gasteiger partial charge in [0.15, 0.2) is 5.82 Å². The van der Waals surface area contributed by atoms with Gasteiger partial charge in [0.2, 0.25) is 5.03 Å². The minimum absolute atomic E-state index is 0.116. The van der Waals surface area contributed by atoms with E-state index < -0.39 is 10.0 Å². The van der Waals surface area contributed by atoms with Crippen LogP contribution in [0.5, 0.6) is 0 Å². The molecule has 2 aromatic rings. The molecule has 0 aliphatic heterocycles. The molecule has 2 heterocycles. The highest BCUT2D eigenvalue weighted by Crippen LogP contribution is 2.24. The van der Waals surface area contributed by atoms with E-state index >= 15 is 0 Å². The summed E-state index contributed by atoms with van der Waals surface area (Å²) in [5.74, 6) is 0.543. The molecule has 21 heavy (non-hydrogen) atoms. The number of hydrogen-bond donors (Lipinski definition) is 1. The van der Waals surface area contributed by atoms with E-state index in [-0.39, 0.29) is 5.03 Å². The summed E-state index contributed by atoms with van der Waals surface area (Å²) in [7, 11) is -0.185. The van der Waals surface area contributed by atoms with Gasteiger partial charge in [-0.2, -0.15) is 18.3 Å². The van der Waals surface area contributed by atoms with Gasteiger partial charge in [0.25, 0.3) is 10.0 Å². The Labute approximate surface area is 123 Å². The van der Waals surface area contributed by atoms with Crippen LogP contribution in [-0.2, 0) is 16.6 Å². The minimum atomic E-state index is -3.78. The molecule has 0 amide bonds. The Morgan fingerprint density at radius 1 is 1.33 bits per heavy atom. The van der Waals surface area contributed by atoms with Gasteiger partial charge in [-0.15, -0.1) is 5.10 Å². The normalized spacial score (nSPS) is 11.4. The van der Waals surface area contributed by atoms with Gasteiger partial charge in [-0.05, 0) is 26.0 Å². The lowest BCUT2D eigenvalue weighted by atomic mass is 10.3. The molecular formula is C12H18N6O2S. The second-order valence-corrected chi connectivity index (χ2v) is 6.32. The Balaban J connectivity index is 2.36. The summed E-state index contributed by atoms with van der Waals surface area (Å²) in [6.07, 6.45) is 1.22. The zero-order valence-corrected chi connectivity index (χ0v) is 13.2. The second-order valence-electron chi connectivity index (χ2n) is 4.70. The average Bonchev–Trinajstić information content (AvgIpc) is 2.90.